The molecule has 1 heterocycles. The van der Waals surface area contributed by atoms with Crippen LogP contribution in [0.25, 0.3) is 10.9 Å². The van der Waals surface area contributed by atoms with Gasteiger partial charge in [0.2, 0.25) is 0 Å². The second kappa shape index (κ2) is 7.14. The molecule has 3 aromatic rings. The van der Waals surface area contributed by atoms with Crippen molar-refractivity contribution in [3.05, 3.63) is 81.1 Å². The van der Waals surface area contributed by atoms with Gasteiger partial charge in [0, 0.05) is 28.6 Å². The summed E-state index contributed by atoms with van der Waals surface area (Å²) in [5.41, 5.74) is 4.64. The molecule has 0 amide bonds. The topological polar surface area (TPSA) is 56.6 Å². The molecule has 1 N–H and O–H groups in total. The summed E-state index contributed by atoms with van der Waals surface area (Å²) in [5.74, 6) is 0. The summed E-state index contributed by atoms with van der Waals surface area (Å²) in [6.07, 6.45) is 3.53. The van der Waals surface area contributed by atoms with E-state index in [0.29, 0.717) is 12.0 Å². The Balaban J connectivity index is 2.06. The first-order valence-electron chi connectivity index (χ1n) is 8.34. The van der Waals surface area contributed by atoms with Crippen LogP contribution in [-0.2, 0) is 12.8 Å². The van der Waals surface area contributed by atoms with Gasteiger partial charge in [-0.05, 0) is 42.7 Å². The predicted molar refractivity (Wildman–Crippen MR) is 97.1 cm³/mol. The van der Waals surface area contributed by atoms with Crippen LogP contribution in [0.15, 0.2) is 53.3 Å². The van der Waals surface area contributed by atoms with E-state index in [9.17, 15) is 4.79 Å². The van der Waals surface area contributed by atoms with E-state index in [0.717, 1.165) is 47.0 Å². The summed E-state index contributed by atoms with van der Waals surface area (Å²) < 4.78 is 0. The van der Waals surface area contributed by atoms with Crippen LogP contribution in [0.5, 0.6) is 0 Å². The van der Waals surface area contributed by atoms with E-state index < -0.39 is 0 Å². The number of nitrogens with zero attached hydrogens (tertiary/aromatic N) is 1. The van der Waals surface area contributed by atoms with E-state index >= 15 is 0 Å². The molecule has 0 fully saturated rings. The fourth-order valence-electron chi connectivity index (χ4n) is 3.00. The zero-order chi connectivity index (χ0) is 16.9. The fraction of sp³-hybridized carbons (Fsp3) is 0.238. The Labute approximate surface area is 141 Å². The van der Waals surface area contributed by atoms with Crippen molar-refractivity contribution in [1.29, 1.82) is 5.26 Å². The van der Waals surface area contributed by atoms with Crippen LogP contribution in [0.4, 0.5) is 0 Å². The monoisotopic (exact) mass is 316 g/mol. The molecule has 3 rings (SSSR count). The van der Waals surface area contributed by atoms with E-state index in [4.69, 9.17) is 5.26 Å². The molecule has 0 radical (unpaired) electrons. The van der Waals surface area contributed by atoms with Crippen LogP contribution in [0, 0.1) is 11.3 Å². The molecule has 0 aliphatic carbocycles. The maximum absolute atomic E-state index is 12.9. The van der Waals surface area contributed by atoms with Gasteiger partial charge in [-0.15, -0.1) is 0 Å². The average molecular weight is 316 g/mol. The molecule has 0 bridgehead atoms. The van der Waals surface area contributed by atoms with E-state index in [1.54, 1.807) is 0 Å². The Morgan fingerprint density at radius 2 is 1.83 bits per heavy atom. The van der Waals surface area contributed by atoms with Crippen LogP contribution < -0.4 is 5.43 Å². The van der Waals surface area contributed by atoms with Gasteiger partial charge in [0.25, 0.3) is 0 Å². The highest BCUT2D eigenvalue weighted by atomic mass is 16.1. The maximum atomic E-state index is 12.9. The zero-order valence-electron chi connectivity index (χ0n) is 13.8. The van der Waals surface area contributed by atoms with Crippen molar-refractivity contribution in [1.82, 2.24) is 4.98 Å². The summed E-state index contributed by atoms with van der Waals surface area (Å²) in [6.45, 7) is 2.13. The molecule has 1 aromatic heterocycles. The van der Waals surface area contributed by atoms with Crippen molar-refractivity contribution in [2.45, 2.75) is 32.6 Å². The molecule has 2 aromatic carbocycles. The molecule has 3 heteroatoms. The number of benzene rings is 2. The van der Waals surface area contributed by atoms with Crippen molar-refractivity contribution >= 4 is 10.9 Å². The number of hydrogen-bond acceptors (Lipinski definition) is 2. The second-order valence-corrected chi connectivity index (χ2v) is 6.05. The average Bonchev–Trinajstić information content (AvgIpc) is 2.62. The van der Waals surface area contributed by atoms with Gasteiger partial charge in [-0.3, -0.25) is 4.79 Å². The lowest BCUT2D eigenvalue weighted by atomic mass is 9.98. The number of nitriles is 1. The minimum absolute atomic E-state index is 0.140. The lowest BCUT2D eigenvalue weighted by Crippen LogP contribution is -2.15. The number of rotatable bonds is 5. The molecular weight excluding hydrogens is 296 g/mol. The molecule has 0 saturated heterocycles. The van der Waals surface area contributed by atoms with Crippen LogP contribution in [0.3, 0.4) is 0 Å². The number of hydrogen-bond donors (Lipinski definition) is 1. The number of aromatic amines is 1. The molecule has 0 spiro atoms. The number of H-pyrrole nitrogens is 1. The van der Waals surface area contributed by atoms with Gasteiger partial charge < -0.3 is 4.98 Å². The van der Waals surface area contributed by atoms with Gasteiger partial charge in [-0.1, -0.05) is 37.6 Å². The molecule has 0 atom stereocenters. The predicted octanol–water partition coefficient (Wildman–Crippen LogP) is 4.33. The minimum Gasteiger partial charge on any atom is -0.358 e. The Hall–Kier alpha value is -2.86. The standard InChI is InChI=1S/C21H20N2O/c1-2-3-6-18-20(13-15-9-11-16(14-22)12-10-15)23-19-8-5-4-7-17(19)21(18)24/h4-5,7-12H,2-3,6,13H2,1H3,(H,23,24). The van der Waals surface area contributed by atoms with E-state index in [2.05, 4.69) is 18.0 Å². The van der Waals surface area contributed by atoms with Crippen LogP contribution in [0.2, 0.25) is 0 Å². The SMILES string of the molecule is CCCCc1c(Cc2ccc(C#N)cc2)[nH]c2ccccc2c1=O. The highest BCUT2D eigenvalue weighted by molar-refractivity contribution is 5.79. The number of pyridine rings is 1. The highest BCUT2D eigenvalue weighted by Gasteiger charge is 2.12. The molecular formula is C21H20N2O. The Morgan fingerprint density at radius 3 is 2.54 bits per heavy atom. The molecule has 3 nitrogen and oxygen atoms in total. The second-order valence-electron chi connectivity index (χ2n) is 6.05. The normalized spacial score (nSPS) is 10.7. The Bertz CT molecular complexity index is 946. The number of nitrogens with one attached hydrogen (secondary N) is 1. The number of unbranched alkanes of at least 4 members (excludes halogenated alkanes) is 1. The maximum Gasteiger partial charge on any atom is 0.192 e. The van der Waals surface area contributed by atoms with Gasteiger partial charge >= 0.3 is 0 Å². The quantitative estimate of drug-likeness (QED) is 0.761. The summed E-state index contributed by atoms with van der Waals surface area (Å²) in [7, 11) is 0. The van der Waals surface area contributed by atoms with Gasteiger partial charge in [-0.25, -0.2) is 0 Å². The minimum atomic E-state index is 0.140. The van der Waals surface area contributed by atoms with Crippen LogP contribution in [-0.4, -0.2) is 4.98 Å². The number of para-hydroxylation sites is 1. The number of fused-ring (bicyclic) bond motifs is 1. The molecule has 0 saturated carbocycles. The third-order valence-corrected chi connectivity index (χ3v) is 4.34. The first-order valence-corrected chi connectivity index (χ1v) is 8.34. The largest absolute Gasteiger partial charge is 0.358 e. The van der Waals surface area contributed by atoms with Gasteiger partial charge in [-0.2, -0.15) is 5.26 Å². The number of aromatic nitrogens is 1. The lowest BCUT2D eigenvalue weighted by molar-refractivity contribution is 0.780. The summed E-state index contributed by atoms with van der Waals surface area (Å²) in [6, 6.07) is 17.4. The molecule has 0 unspecified atom stereocenters. The fourth-order valence-corrected chi connectivity index (χ4v) is 3.00. The summed E-state index contributed by atoms with van der Waals surface area (Å²) in [5, 5.41) is 9.67. The third-order valence-electron chi connectivity index (χ3n) is 4.34. The highest BCUT2D eigenvalue weighted by Crippen LogP contribution is 2.17. The lowest BCUT2D eigenvalue weighted by Gasteiger charge is -2.11. The Morgan fingerprint density at radius 1 is 1.08 bits per heavy atom. The molecule has 0 aliphatic rings. The van der Waals surface area contributed by atoms with Gasteiger partial charge in [0.05, 0.1) is 11.6 Å². The van der Waals surface area contributed by atoms with E-state index in [1.807, 2.05) is 48.5 Å². The van der Waals surface area contributed by atoms with Crippen molar-refractivity contribution in [2.75, 3.05) is 0 Å². The van der Waals surface area contributed by atoms with Gasteiger partial charge in [0.1, 0.15) is 0 Å². The first kappa shape index (κ1) is 16.0. The van der Waals surface area contributed by atoms with E-state index in [1.165, 1.54) is 0 Å². The third kappa shape index (κ3) is 3.23. The van der Waals surface area contributed by atoms with E-state index in [-0.39, 0.29) is 5.43 Å². The first-order chi connectivity index (χ1) is 11.7. The molecule has 0 aliphatic heterocycles. The van der Waals surface area contributed by atoms with Crippen LogP contribution in [0.1, 0.15) is 42.1 Å². The van der Waals surface area contributed by atoms with Gasteiger partial charge in [0.15, 0.2) is 5.43 Å². The van der Waals surface area contributed by atoms with Crippen molar-refractivity contribution in [3.8, 4) is 6.07 Å². The summed E-state index contributed by atoms with van der Waals surface area (Å²) in [4.78, 5) is 16.3. The molecule has 120 valence electrons. The van der Waals surface area contributed by atoms with Crippen molar-refractivity contribution in [3.63, 3.8) is 0 Å². The van der Waals surface area contributed by atoms with Crippen molar-refractivity contribution < 1.29 is 0 Å². The molecule has 24 heavy (non-hydrogen) atoms. The Kier molecular flexibility index (Phi) is 4.77. The smallest absolute Gasteiger partial charge is 0.192 e. The van der Waals surface area contributed by atoms with Crippen LogP contribution >= 0.6 is 0 Å². The van der Waals surface area contributed by atoms with Crippen molar-refractivity contribution in [2.24, 2.45) is 0 Å². The summed E-state index contributed by atoms with van der Waals surface area (Å²) >= 11 is 0. The zero-order valence-corrected chi connectivity index (χ0v) is 13.8.